The van der Waals surface area contributed by atoms with Gasteiger partial charge in [0.15, 0.2) is 30.3 Å². The van der Waals surface area contributed by atoms with Crippen molar-refractivity contribution in [3.8, 4) is 17.2 Å². The summed E-state index contributed by atoms with van der Waals surface area (Å²) in [6.07, 6.45) is -3.25. The van der Waals surface area contributed by atoms with Crippen LogP contribution in [0.15, 0.2) is 54.6 Å². The smallest absolute Gasteiger partial charge is 0.412 e. The Balaban J connectivity index is 0.907. The molecule has 0 unspecified atom stereocenters. The Morgan fingerprint density at radius 2 is 1.60 bits per heavy atom. The van der Waals surface area contributed by atoms with Gasteiger partial charge in [0.2, 0.25) is 5.78 Å². The molecule has 0 saturated carbocycles. The summed E-state index contributed by atoms with van der Waals surface area (Å²) in [6.45, 7) is 4.22. The standard InChI is InChI=1S/C47H49N3O15/c1-5-31(51)47(59)20-27-36(42(57)38-37(40(27)55)39(54)26-7-6-8-29(60-3)35(26)41(38)56)30(21-47)64-34-19-28-43(23(2)63-34)65-45-44(61-4)50(18-17-48(28)45)46(58)62-22-25-11-9-24(10-12-25)15-16-49-32(52)13-14-33(49)53/h6-14,23,28,30,34,43-45,55,57,59H,5,15-22H2,1-4H3/t23-,28-,30-,34-,43+,44+,45+,47-/m0/s1. The first kappa shape index (κ1) is 44.2. The van der Waals surface area contributed by atoms with E-state index in [1.54, 1.807) is 13.8 Å². The van der Waals surface area contributed by atoms with Gasteiger partial charge < -0.3 is 43.7 Å². The first-order valence-electron chi connectivity index (χ1n) is 21.6. The van der Waals surface area contributed by atoms with Crippen molar-refractivity contribution in [1.29, 1.82) is 0 Å². The van der Waals surface area contributed by atoms with Crippen LogP contribution in [0, 0.1) is 0 Å². The summed E-state index contributed by atoms with van der Waals surface area (Å²) in [4.78, 5) is 83.4. The molecule has 3 fully saturated rings. The van der Waals surface area contributed by atoms with E-state index in [1.165, 1.54) is 54.4 Å². The highest BCUT2D eigenvalue weighted by molar-refractivity contribution is 6.31. The maximum absolute atomic E-state index is 14.1. The second kappa shape index (κ2) is 17.1. The summed E-state index contributed by atoms with van der Waals surface area (Å²) in [5, 5.41) is 35.7. The van der Waals surface area contributed by atoms with Crippen LogP contribution >= 0.6 is 0 Å². The van der Waals surface area contributed by atoms with Gasteiger partial charge in [-0.25, -0.2) is 4.79 Å². The summed E-state index contributed by atoms with van der Waals surface area (Å²) >= 11 is 0. The average molecular weight is 896 g/mol. The van der Waals surface area contributed by atoms with E-state index in [0.29, 0.717) is 13.0 Å². The first-order valence-corrected chi connectivity index (χ1v) is 21.6. The van der Waals surface area contributed by atoms with Gasteiger partial charge in [-0.05, 0) is 30.5 Å². The summed E-state index contributed by atoms with van der Waals surface area (Å²) in [5.41, 5.74) is -1.53. The number of carbonyl (C=O) groups excluding carboxylic acids is 6. The van der Waals surface area contributed by atoms with E-state index in [4.69, 9.17) is 28.4 Å². The molecule has 342 valence electrons. The third kappa shape index (κ3) is 7.47. The fourth-order valence-corrected chi connectivity index (χ4v) is 10.2. The Morgan fingerprint density at radius 1 is 0.892 bits per heavy atom. The number of nitrogens with zero attached hydrogens (tertiary/aromatic N) is 3. The lowest BCUT2D eigenvalue weighted by Gasteiger charge is -2.45. The van der Waals surface area contributed by atoms with Crippen LogP contribution in [0.4, 0.5) is 4.79 Å². The largest absolute Gasteiger partial charge is 0.507 e. The molecule has 3 saturated heterocycles. The molecule has 0 bridgehead atoms. The third-order valence-corrected chi connectivity index (χ3v) is 13.5. The van der Waals surface area contributed by atoms with E-state index in [2.05, 4.69) is 4.90 Å². The highest BCUT2D eigenvalue weighted by Gasteiger charge is 2.57. The summed E-state index contributed by atoms with van der Waals surface area (Å²) in [7, 11) is 2.81. The van der Waals surface area contributed by atoms with E-state index in [-0.39, 0.29) is 84.8 Å². The second-order valence-electron chi connectivity index (χ2n) is 17.1. The molecule has 3 aromatic rings. The van der Waals surface area contributed by atoms with Gasteiger partial charge in [0.1, 0.15) is 35.6 Å². The first-order chi connectivity index (χ1) is 31.2. The van der Waals surface area contributed by atoms with Crippen molar-refractivity contribution in [2.75, 3.05) is 33.9 Å². The van der Waals surface area contributed by atoms with E-state index < -0.39 is 95.1 Å². The van der Waals surface area contributed by atoms with Crippen LogP contribution in [0.25, 0.3) is 0 Å². The van der Waals surface area contributed by atoms with Gasteiger partial charge in [0.05, 0.1) is 36.0 Å². The number of amides is 3. The molecule has 4 aliphatic heterocycles. The van der Waals surface area contributed by atoms with Crippen molar-refractivity contribution in [2.45, 2.75) is 101 Å². The normalized spacial score (nSPS) is 28.1. The van der Waals surface area contributed by atoms with Gasteiger partial charge in [-0.3, -0.25) is 38.7 Å². The average Bonchev–Trinajstić information content (AvgIpc) is 3.84. The van der Waals surface area contributed by atoms with Crippen molar-refractivity contribution in [1.82, 2.24) is 14.7 Å². The van der Waals surface area contributed by atoms with E-state index in [9.17, 15) is 44.1 Å². The Bertz CT molecular complexity index is 2510. The molecule has 6 aliphatic rings. The minimum absolute atomic E-state index is 0.0190. The molecule has 4 heterocycles. The lowest BCUT2D eigenvalue weighted by Crippen LogP contribution is -2.62. The predicted molar refractivity (Wildman–Crippen MR) is 224 cm³/mol. The number of fused-ring (bicyclic) bond motifs is 6. The number of imide groups is 1. The zero-order chi connectivity index (χ0) is 46.1. The lowest BCUT2D eigenvalue weighted by atomic mass is 9.71. The van der Waals surface area contributed by atoms with Crippen LogP contribution < -0.4 is 4.74 Å². The molecule has 2 aliphatic carbocycles. The number of ketones is 3. The van der Waals surface area contributed by atoms with E-state index in [1.807, 2.05) is 24.3 Å². The van der Waals surface area contributed by atoms with Gasteiger partial charge >= 0.3 is 6.09 Å². The summed E-state index contributed by atoms with van der Waals surface area (Å²) < 4.78 is 36.5. The zero-order valence-corrected chi connectivity index (χ0v) is 36.2. The van der Waals surface area contributed by atoms with Gasteiger partial charge in [-0.15, -0.1) is 0 Å². The lowest BCUT2D eigenvalue weighted by molar-refractivity contribution is -0.248. The maximum Gasteiger partial charge on any atom is 0.412 e. The number of hydrogen-bond acceptors (Lipinski definition) is 16. The number of phenolic OH excluding ortho intramolecular Hbond substituents is 2. The van der Waals surface area contributed by atoms with Crippen LogP contribution in [-0.2, 0) is 57.5 Å². The van der Waals surface area contributed by atoms with Crippen LogP contribution in [0.5, 0.6) is 17.2 Å². The molecule has 8 atom stereocenters. The molecule has 3 N–H and O–H groups in total. The highest BCUT2D eigenvalue weighted by atomic mass is 16.7. The monoisotopic (exact) mass is 895 g/mol. The number of ether oxygens (including phenoxy) is 6. The second-order valence-corrected chi connectivity index (χ2v) is 17.1. The number of aliphatic hydroxyl groups is 1. The molecule has 9 rings (SSSR count). The summed E-state index contributed by atoms with van der Waals surface area (Å²) in [6, 6.07) is 11.5. The van der Waals surface area contributed by atoms with Crippen molar-refractivity contribution < 1.29 is 72.5 Å². The fourth-order valence-electron chi connectivity index (χ4n) is 10.2. The van der Waals surface area contributed by atoms with Crippen LogP contribution in [0.3, 0.4) is 0 Å². The Kier molecular flexibility index (Phi) is 11.6. The number of Topliss-reactive ketones (excluding diaryl/α,β-unsaturated/α-hetero) is 1. The van der Waals surface area contributed by atoms with Gasteiger partial charge in [0.25, 0.3) is 11.8 Å². The van der Waals surface area contributed by atoms with Crippen LogP contribution in [0.2, 0.25) is 0 Å². The van der Waals surface area contributed by atoms with Crippen molar-refractivity contribution >= 4 is 35.3 Å². The molecular formula is C47H49N3O15. The fraction of sp³-hybridized carbons (Fsp3) is 0.447. The molecule has 0 spiro atoms. The maximum atomic E-state index is 14.1. The predicted octanol–water partition coefficient (Wildman–Crippen LogP) is 3.22. The van der Waals surface area contributed by atoms with Crippen LogP contribution in [-0.4, -0.2) is 142 Å². The molecular weight excluding hydrogens is 847 g/mol. The highest BCUT2D eigenvalue weighted by Crippen LogP contribution is 2.53. The molecule has 3 aromatic carbocycles. The molecule has 0 aromatic heterocycles. The number of methoxy groups -OCH3 is 2. The number of hydrogen-bond donors (Lipinski definition) is 3. The number of piperazine rings is 1. The molecule has 18 nitrogen and oxygen atoms in total. The molecule has 18 heteroatoms. The van der Waals surface area contributed by atoms with Crippen LogP contribution in [0.1, 0.15) is 93.3 Å². The van der Waals surface area contributed by atoms with Gasteiger partial charge in [-0.2, -0.15) is 0 Å². The molecule has 65 heavy (non-hydrogen) atoms. The van der Waals surface area contributed by atoms with E-state index >= 15 is 0 Å². The Morgan fingerprint density at radius 3 is 2.29 bits per heavy atom. The van der Waals surface area contributed by atoms with E-state index in [0.717, 1.165) is 11.1 Å². The summed E-state index contributed by atoms with van der Waals surface area (Å²) in [5.74, 6) is -3.85. The Hall–Kier alpha value is -6.02. The Labute approximate surface area is 373 Å². The topological polar surface area (TPSA) is 228 Å². The minimum atomic E-state index is -2.06. The third-order valence-electron chi connectivity index (χ3n) is 13.5. The molecule has 0 radical (unpaired) electrons. The number of phenols is 2. The van der Waals surface area contributed by atoms with Crippen molar-refractivity contribution in [3.63, 3.8) is 0 Å². The van der Waals surface area contributed by atoms with Gasteiger partial charge in [-0.1, -0.05) is 43.3 Å². The minimum Gasteiger partial charge on any atom is -0.507 e. The number of carbonyl (C=O) groups is 6. The van der Waals surface area contributed by atoms with Crippen molar-refractivity contribution in [3.05, 3.63) is 99.1 Å². The SMILES string of the molecule is CCC(=O)[C@]1(O)Cc2c(O)c3c(c(O)c2[C@@H](O[C@H]2C[C@H]4[C@H](O[C@@H]5[C@@H](OC)N(C(=O)OCc6ccc(CCN7C(=O)C=CC7=O)cc6)CCN54)[C@H](C)O2)C1)C(=O)c1c(OC)cccc1C3=O. The van der Waals surface area contributed by atoms with Gasteiger partial charge in [0, 0.05) is 87.3 Å². The quantitative estimate of drug-likeness (QED) is 0.145. The number of aromatic hydroxyl groups is 2. The molecule has 3 amide bonds. The number of rotatable bonds is 11. The number of benzene rings is 3. The van der Waals surface area contributed by atoms with Crippen molar-refractivity contribution in [2.24, 2.45) is 0 Å². The zero-order valence-electron chi connectivity index (χ0n) is 36.2.